The minimum absolute atomic E-state index is 0.00944. The van der Waals surface area contributed by atoms with Crippen LogP contribution in [0.2, 0.25) is 0 Å². The maximum atomic E-state index is 12.8. The van der Waals surface area contributed by atoms with Crippen molar-refractivity contribution in [2.24, 2.45) is 0 Å². The van der Waals surface area contributed by atoms with Gasteiger partial charge in [0.05, 0.1) is 6.54 Å². The molecule has 1 N–H and O–H groups in total. The molecule has 2 heterocycles. The first kappa shape index (κ1) is 16.1. The molecule has 9 heteroatoms. The number of H-pyrrole nitrogens is 1. The lowest BCUT2D eigenvalue weighted by Gasteiger charge is -2.29. The van der Waals surface area contributed by atoms with E-state index >= 15 is 0 Å². The van der Waals surface area contributed by atoms with E-state index in [0.29, 0.717) is 5.69 Å². The van der Waals surface area contributed by atoms with Crippen LogP contribution in [0.5, 0.6) is 0 Å². The number of aromatic amines is 1. The lowest BCUT2D eigenvalue weighted by Crippen LogP contribution is -2.43. The van der Waals surface area contributed by atoms with Crippen LogP contribution in [0.3, 0.4) is 0 Å². The molecule has 0 aliphatic carbocycles. The highest BCUT2D eigenvalue weighted by Gasteiger charge is 2.39. The Morgan fingerprint density at radius 1 is 1.50 bits per heavy atom. The normalized spacial score (nSPS) is 14.5. The maximum absolute atomic E-state index is 12.8. The molecule has 120 valence electrons. The second-order valence-electron chi connectivity index (χ2n) is 4.99. The smallest absolute Gasteiger partial charge is 0.336 e. The maximum Gasteiger partial charge on any atom is 0.435 e. The molecule has 0 saturated heterocycles. The van der Waals surface area contributed by atoms with Gasteiger partial charge in [0.25, 0.3) is 0 Å². The van der Waals surface area contributed by atoms with Crippen LogP contribution in [-0.4, -0.2) is 51.9 Å². The topological polar surface area (TPSA) is 69.3 Å². The summed E-state index contributed by atoms with van der Waals surface area (Å²) in [4.78, 5) is 25.9. The van der Waals surface area contributed by atoms with Gasteiger partial charge in [0.2, 0.25) is 11.8 Å². The molecule has 1 aliphatic rings. The van der Waals surface area contributed by atoms with Crippen LogP contribution in [0.25, 0.3) is 0 Å². The first-order valence-corrected chi connectivity index (χ1v) is 6.52. The summed E-state index contributed by atoms with van der Waals surface area (Å²) in [5.74, 6) is -0.844. The molecule has 1 aromatic rings. The molecule has 1 aromatic heterocycles. The van der Waals surface area contributed by atoms with Gasteiger partial charge in [0.15, 0.2) is 5.69 Å². The second kappa shape index (κ2) is 5.82. The fraction of sp³-hybridized carbons (Fsp3) is 0.462. The van der Waals surface area contributed by atoms with Gasteiger partial charge in [-0.05, 0) is 6.08 Å². The average Bonchev–Trinajstić information content (AvgIpc) is 2.88. The Morgan fingerprint density at radius 2 is 2.18 bits per heavy atom. The summed E-state index contributed by atoms with van der Waals surface area (Å²) in [6.45, 7) is 3.21. The fourth-order valence-electron chi connectivity index (χ4n) is 2.28. The summed E-state index contributed by atoms with van der Waals surface area (Å²) >= 11 is 0. The Balaban J connectivity index is 2.11. The number of amides is 2. The van der Waals surface area contributed by atoms with Crippen molar-refractivity contribution in [3.05, 3.63) is 29.6 Å². The highest BCUT2D eigenvalue weighted by molar-refractivity contribution is 5.90. The highest BCUT2D eigenvalue weighted by Crippen LogP contribution is 2.33. The van der Waals surface area contributed by atoms with E-state index in [9.17, 15) is 22.8 Å². The molecular weight excluding hydrogens is 301 g/mol. The van der Waals surface area contributed by atoms with E-state index in [-0.39, 0.29) is 31.6 Å². The third-order valence-electron chi connectivity index (χ3n) is 3.48. The third kappa shape index (κ3) is 3.12. The molecule has 0 radical (unpaired) electrons. The number of halogens is 3. The molecular formula is C13H15F3N4O2. The molecule has 0 saturated carbocycles. The van der Waals surface area contributed by atoms with Crippen LogP contribution < -0.4 is 0 Å². The fourth-order valence-corrected chi connectivity index (χ4v) is 2.28. The Labute approximate surface area is 124 Å². The van der Waals surface area contributed by atoms with Crippen LogP contribution in [0.15, 0.2) is 12.7 Å². The zero-order valence-electron chi connectivity index (χ0n) is 11.9. The quantitative estimate of drug-likeness (QED) is 0.845. The molecule has 1 aliphatic heterocycles. The van der Waals surface area contributed by atoms with Crippen molar-refractivity contribution in [1.29, 1.82) is 0 Å². The van der Waals surface area contributed by atoms with Gasteiger partial charge in [-0.25, -0.2) is 0 Å². The van der Waals surface area contributed by atoms with Crippen molar-refractivity contribution >= 4 is 11.8 Å². The van der Waals surface area contributed by atoms with Crippen LogP contribution in [0, 0.1) is 0 Å². The molecule has 2 rings (SSSR count). The summed E-state index contributed by atoms with van der Waals surface area (Å²) in [6, 6.07) is 0. The summed E-state index contributed by atoms with van der Waals surface area (Å²) in [5, 5.41) is 5.67. The number of aromatic nitrogens is 2. The minimum Gasteiger partial charge on any atom is -0.336 e. The number of hydrogen-bond donors (Lipinski definition) is 1. The van der Waals surface area contributed by atoms with Gasteiger partial charge in [-0.3, -0.25) is 14.7 Å². The molecule has 0 atom stereocenters. The third-order valence-corrected chi connectivity index (χ3v) is 3.48. The average molecular weight is 316 g/mol. The van der Waals surface area contributed by atoms with Crippen molar-refractivity contribution < 1.29 is 22.8 Å². The van der Waals surface area contributed by atoms with E-state index in [2.05, 4.69) is 16.8 Å². The van der Waals surface area contributed by atoms with Crippen molar-refractivity contribution in [1.82, 2.24) is 20.0 Å². The van der Waals surface area contributed by atoms with E-state index in [4.69, 9.17) is 0 Å². The number of fused-ring (bicyclic) bond motifs is 1. The van der Waals surface area contributed by atoms with E-state index in [0.717, 1.165) is 11.0 Å². The van der Waals surface area contributed by atoms with Crippen molar-refractivity contribution in [3.63, 3.8) is 0 Å². The number of alkyl halides is 3. The summed E-state index contributed by atoms with van der Waals surface area (Å²) in [5.41, 5.74) is -0.604. The number of likely N-dealkylation sites (N-methyl/N-ethyl adjacent to an activating group) is 1. The summed E-state index contributed by atoms with van der Waals surface area (Å²) in [7, 11) is 1.43. The zero-order chi connectivity index (χ0) is 16.5. The molecule has 0 unspecified atom stereocenters. The number of rotatable bonds is 3. The zero-order valence-corrected chi connectivity index (χ0v) is 11.9. The predicted octanol–water partition coefficient (Wildman–Crippen LogP) is 0.958. The SMILES string of the molecule is C=CC(=O)N(C)CC(=O)N1CCc2[nH]nc(C(F)(F)F)c2C1. The van der Waals surface area contributed by atoms with Gasteiger partial charge in [-0.2, -0.15) is 18.3 Å². The van der Waals surface area contributed by atoms with Crippen molar-refractivity contribution in [2.45, 2.75) is 19.1 Å². The van der Waals surface area contributed by atoms with Crippen LogP contribution in [0.1, 0.15) is 17.0 Å². The number of hydrogen-bond acceptors (Lipinski definition) is 3. The molecule has 0 bridgehead atoms. The Morgan fingerprint density at radius 3 is 2.77 bits per heavy atom. The van der Waals surface area contributed by atoms with Gasteiger partial charge in [-0.1, -0.05) is 6.58 Å². The number of nitrogens with one attached hydrogen (secondary N) is 1. The van der Waals surface area contributed by atoms with E-state index in [1.54, 1.807) is 0 Å². The van der Waals surface area contributed by atoms with Gasteiger partial charge in [0.1, 0.15) is 0 Å². The van der Waals surface area contributed by atoms with E-state index in [1.165, 1.54) is 11.9 Å². The Bertz CT molecular complexity index is 609. The van der Waals surface area contributed by atoms with Gasteiger partial charge in [0, 0.05) is 37.8 Å². The molecule has 22 heavy (non-hydrogen) atoms. The minimum atomic E-state index is -4.56. The lowest BCUT2D eigenvalue weighted by molar-refractivity contribution is -0.143. The van der Waals surface area contributed by atoms with Gasteiger partial charge < -0.3 is 9.80 Å². The van der Waals surface area contributed by atoms with E-state index < -0.39 is 23.7 Å². The van der Waals surface area contributed by atoms with Crippen LogP contribution >= 0.6 is 0 Å². The standard InChI is InChI=1S/C13H15F3N4O2/c1-3-10(21)19(2)7-11(22)20-5-4-9-8(6-20)12(18-17-9)13(14,15)16/h3H,1,4-7H2,2H3,(H,17,18). The molecule has 0 aromatic carbocycles. The first-order chi connectivity index (χ1) is 10.2. The van der Waals surface area contributed by atoms with Crippen molar-refractivity contribution in [2.75, 3.05) is 20.1 Å². The second-order valence-corrected chi connectivity index (χ2v) is 4.99. The first-order valence-electron chi connectivity index (χ1n) is 6.52. The number of nitrogens with zero attached hydrogens (tertiary/aromatic N) is 3. The van der Waals surface area contributed by atoms with Gasteiger partial charge >= 0.3 is 6.18 Å². The number of carbonyl (C=O) groups is 2. The van der Waals surface area contributed by atoms with Crippen LogP contribution in [-0.2, 0) is 28.7 Å². The molecule has 0 fully saturated rings. The molecule has 6 nitrogen and oxygen atoms in total. The van der Waals surface area contributed by atoms with E-state index in [1.807, 2.05) is 0 Å². The Kier molecular flexibility index (Phi) is 4.25. The Hall–Kier alpha value is -2.32. The largest absolute Gasteiger partial charge is 0.435 e. The highest BCUT2D eigenvalue weighted by atomic mass is 19.4. The lowest BCUT2D eigenvalue weighted by atomic mass is 10.0. The van der Waals surface area contributed by atoms with Gasteiger partial charge in [-0.15, -0.1) is 0 Å². The summed E-state index contributed by atoms with van der Waals surface area (Å²) < 4.78 is 38.5. The summed E-state index contributed by atoms with van der Waals surface area (Å²) in [6.07, 6.45) is -3.23. The molecule has 2 amide bonds. The van der Waals surface area contributed by atoms with Crippen molar-refractivity contribution in [3.8, 4) is 0 Å². The van der Waals surface area contributed by atoms with Crippen LogP contribution in [0.4, 0.5) is 13.2 Å². The monoisotopic (exact) mass is 316 g/mol. The number of carbonyl (C=O) groups excluding carboxylic acids is 2. The molecule has 0 spiro atoms. The predicted molar refractivity (Wildman–Crippen MR) is 70.5 cm³/mol.